The molecule has 0 saturated carbocycles. The van der Waals surface area contributed by atoms with Gasteiger partial charge < -0.3 is 15.0 Å². The molecule has 0 aliphatic carbocycles. The number of benzene rings is 3. The Morgan fingerprint density at radius 1 is 0.960 bits per heavy atom. The third-order valence-corrected chi connectivity index (χ3v) is 4.18. The van der Waals surface area contributed by atoms with Crippen LogP contribution in [0.2, 0.25) is 0 Å². The summed E-state index contributed by atoms with van der Waals surface area (Å²) in [7, 11) is 0. The standard InChI is InChI=1S/C21H18N2O2/c1-14-6-8-15(9-7-14)22-21(24)13-25-16-10-11-18-17-4-2-3-5-19(17)23-20(18)12-16/h2-12,23H,13H2,1H3,(H,22,24). The highest BCUT2D eigenvalue weighted by Gasteiger charge is 2.07. The van der Waals surface area contributed by atoms with Crippen molar-refractivity contribution in [1.82, 2.24) is 4.98 Å². The van der Waals surface area contributed by atoms with Crippen LogP contribution < -0.4 is 10.1 Å². The predicted octanol–water partition coefficient (Wildman–Crippen LogP) is 4.65. The molecule has 2 N–H and O–H groups in total. The number of ether oxygens (including phenoxy) is 1. The third-order valence-electron chi connectivity index (χ3n) is 4.18. The number of aryl methyl sites for hydroxylation is 1. The van der Waals surface area contributed by atoms with Crippen LogP contribution >= 0.6 is 0 Å². The summed E-state index contributed by atoms with van der Waals surface area (Å²) >= 11 is 0. The quantitative estimate of drug-likeness (QED) is 0.572. The molecule has 1 aromatic heterocycles. The molecule has 0 radical (unpaired) electrons. The molecule has 4 rings (SSSR count). The lowest BCUT2D eigenvalue weighted by molar-refractivity contribution is -0.118. The van der Waals surface area contributed by atoms with Crippen LogP contribution in [0.5, 0.6) is 5.75 Å². The number of rotatable bonds is 4. The molecule has 124 valence electrons. The van der Waals surface area contributed by atoms with Crippen LogP contribution in [0.1, 0.15) is 5.56 Å². The molecule has 0 atom stereocenters. The van der Waals surface area contributed by atoms with Gasteiger partial charge in [-0.15, -0.1) is 0 Å². The molecule has 1 amide bonds. The van der Waals surface area contributed by atoms with E-state index in [0.29, 0.717) is 5.75 Å². The Hall–Kier alpha value is -3.27. The van der Waals surface area contributed by atoms with E-state index in [-0.39, 0.29) is 12.5 Å². The van der Waals surface area contributed by atoms with Gasteiger partial charge in [0.25, 0.3) is 5.91 Å². The van der Waals surface area contributed by atoms with Crippen LogP contribution in [0.3, 0.4) is 0 Å². The number of carbonyl (C=O) groups is 1. The van der Waals surface area contributed by atoms with Gasteiger partial charge in [-0.3, -0.25) is 4.79 Å². The highest BCUT2D eigenvalue weighted by Crippen LogP contribution is 2.28. The normalized spacial score (nSPS) is 10.9. The zero-order chi connectivity index (χ0) is 17.2. The molecule has 1 heterocycles. The number of carbonyl (C=O) groups excluding carboxylic acids is 1. The van der Waals surface area contributed by atoms with E-state index < -0.39 is 0 Å². The third kappa shape index (κ3) is 3.19. The Morgan fingerprint density at radius 2 is 1.72 bits per heavy atom. The first kappa shape index (κ1) is 15.3. The highest BCUT2D eigenvalue weighted by molar-refractivity contribution is 6.07. The SMILES string of the molecule is Cc1ccc(NC(=O)COc2ccc3c(c2)[nH]c2ccccc23)cc1. The smallest absolute Gasteiger partial charge is 0.262 e. The van der Waals surface area contributed by atoms with Gasteiger partial charge in [0, 0.05) is 28.0 Å². The maximum Gasteiger partial charge on any atom is 0.262 e. The number of fused-ring (bicyclic) bond motifs is 3. The van der Waals surface area contributed by atoms with Gasteiger partial charge in [-0.2, -0.15) is 0 Å². The number of aromatic nitrogens is 1. The minimum absolute atomic E-state index is 0.0282. The molecule has 4 heteroatoms. The van der Waals surface area contributed by atoms with Crippen molar-refractivity contribution in [2.24, 2.45) is 0 Å². The van der Waals surface area contributed by atoms with Gasteiger partial charge in [-0.05, 0) is 37.3 Å². The minimum Gasteiger partial charge on any atom is -0.484 e. The van der Waals surface area contributed by atoms with E-state index in [1.54, 1.807) is 0 Å². The Morgan fingerprint density at radius 3 is 2.56 bits per heavy atom. The lowest BCUT2D eigenvalue weighted by Crippen LogP contribution is -2.20. The summed E-state index contributed by atoms with van der Waals surface area (Å²) in [5.41, 5.74) is 4.01. The summed E-state index contributed by atoms with van der Waals surface area (Å²) in [6.07, 6.45) is 0. The van der Waals surface area contributed by atoms with Gasteiger partial charge in [0.15, 0.2) is 6.61 Å². The van der Waals surface area contributed by atoms with Crippen molar-refractivity contribution in [2.75, 3.05) is 11.9 Å². The summed E-state index contributed by atoms with van der Waals surface area (Å²) in [6, 6.07) is 21.7. The number of H-pyrrole nitrogens is 1. The lowest BCUT2D eigenvalue weighted by atomic mass is 10.1. The summed E-state index contributed by atoms with van der Waals surface area (Å²) in [5, 5.41) is 5.15. The molecule has 0 fully saturated rings. The fourth-order valence-electron chi connectivity index (χ4n) is 2.91. The Balaban J connectivity index is 1.46. The molecule has 0 bridgehead atoms. The van der Waals surface area contributed by atoms with Crippen LogP contribution in [-0.2, 0) is 4.79 Å². The molecule has 3 aromatic carbocycles. The molecule has 4 aromatic rings. The number of amides is 1. The van der Waals surface area contributed by atoms with Crippen molar-refractivity contribution in [3.8, 4) is 5.75 Å². The van der Waals surface area contributed by atoms with Crippen molar-refractivity contribution in [2.45, 2.75) is 6.92 Å². The van der Waals surface area contributed by atoms with E-state index in [2.05, 4.69) is 16.4 Å². The first-order valence-corrected chi connectivity index (χ1v) is 8.19. The fourth-order valence-corrected chi connectivity index (χ4v) is 2.91. The number of aromatic amines is 1. The minimum atomic E-state index is -0.180. The zero-order valence-electron chi connectivity index (χ0n) is 13.9. The van der Waals surface area contributed by atoms with Gasteiger partial charge in [0.1, 0.15) is 5.75 Å². The van der Waals surface area contributed by atoms with E-state index in [9.17, 15) is 4.79 Å². The van der Waals surface area contributed by atoms with Gasteiger partial charge in [0.05, 0.1) is 5.52 Å². The molecule has 0 spiro atoms. The first-order chi connectivity index (χ1) is 12.2. The van der Waals surface area contributed by atoms with Gasteiger partial charge >= 0.3 is 0 Å². The molecule has 4 nitrogen and oxygen atoms in total. The average Bonchev–Trinajstić information content (AvgIpc) is 3.00. The monoisotopic (exact) mass is 330 g/mol. The van der Waals surface area contributed by atoms with Crippen molar-refractivity contribution in [3.05, 3.63) is 72.3 Å². The molecule has 0 aliphatic rings. The first-order valence-electron chi connectivity index (χ1n) is 8.19. The van der Waals surface area contributed by atoms with E-state index >= 15 is 0 Å². The fraction of sp³-hybridized carbons (Fsp3) is 0.0952. The number of nitrogens with one attached hydrogen (secondary N) is 2. The van der Waals surface area contributed by atoms with Crippen LogP contribution in [0.25, 0.3) is 21.8 Å². The average molecular weight is 330 g/mol. The Kier molecular flexibility index (Phi) is 3.86. The maximum absolute atomic E-state index is 12.0. The summed E-state index contributed by atoms with van der Waals surface area (Å²) in [5.74, 6) is 0.485. The topological polar surface area (TPSA) is 54.1 Å². The highest BCUT2D eigenvalue weighted by atomic mass is 16.5. The number of hydrogen-bond acceptors (Lipinski definition) is 2. The number of hydrogen-bond donors (Lipinski definition) is 2. The Bertz CT molecular complexity index is 1050. The van der Waals surface area contributed by atoms with Crippen LogP contribution in [-0.4, -0.2) is 17.5 Å². The van der Waals surface area contributed by atoms with Gasteiger partial charge in [-0.25, -0.2) is 0 Å². The van der Waals surface area contributed by atoms with Crippen molar-refractivity contribution >= 4 is 33.4 Å². The summed E-state index contributed by atoms with van der Waals surface area (Å²) in [6.45, 7) is 1.98. The maximum atomic E-state index is 12.0. The molecule has 0 aliphatic heterocycles. The number of anilines is 1. The summed E-state index contributed by atoms with van der Waals surface area (Å²) < 4.78 is 5.64. The predicted molar refractivity (Wildman–Crippen MR) is 101 cm³/mol. The van der Waals surface area contributed by atoms with Gasteiger partial charge in [0.2, 0.25) is 0 Å². The largest absolute Gasteiger partial charge is 0.484 e. The zero-order valence-corrected chi connectivity index (χ0v) is 13.9. The second-order valence-electron chi connectivity index (χ2n) is 6.08. The number of para-hydroxylation sites is 1. The van der Waals surface area contributed by atoms with Gasteiger partial charge in [-0.1, -0.05) is 35.9 Å². The van der Waals surface area contributed by atoms with Crippen molar-refractivity contribution in [3.63, 3.8) is 0 Å². The van der Waals surface area contributed by atoms with Crippen LogP contribution in [0.15, 0.2) is 66.7 Å². The second kappa shape index (κ2) is 6.32. The van der Waals surface area contributed by atoms with Crippen LogP contribution in [0, 0.1) is 6.92 Å². The molecular formula is C21H18N2O2. The molecule has 25 heavy (non-hydrogen) atoms. The molecular weight excluding hydrogens is 312 g/mol. The lowest BCUT2D eigenvalue weighted by Gasteiger charge is -2.08. The molecule has 0 unspecified atom stereocenters. The van der Waals surface area contributed by atoms with E-state index in [1.165, 1.54) is 5.39 Å². The summed E-state index contributed by atoms with van der Waals surface area (Å²) in [4.78, 5) is 15.4. The van der Waals surface area contributed by atoms with Crippen molar-refractivity contribution in [1.29, 1.82) is 0 Å². The molecule has 0 saturated heterocycles. The van der Waals surface area contributed by atoms with Crippen molar-refractivity contribution < 1.29 is 9.53 Å². The second-order valence-corrected chi connectivity index (χ2v) is 6.08. The van der Waals surface area contributed by atoms with E-state index in [1.807, 2.05) is 67.6 Å². The Labute approximate surface area is 145 Å². The van der Waals surface area contributed by atoms with E-state index in [0.717, 1.165) is 27.7 Å². The van der Waals surface area contributed by atoms with E-state index in [4.69, 9.17) is 4.74 Å². The van der Waals surface area contributed by atoms with Crippen LogP contribution in [0.4, 0.5) is 5.69 Å².